The largest absolute Gasteiger partial charge is 0.480 e. The van der Waals surface area contributed by atoms with E-state index in [9.17, 15) is 24.3 Å². The van der Waals surface area contributed by atoms with E-state index in [1.165, 1.54) is 0 Å². The summed E-state index contributed by atoms with van der Waals surface area (Å²) in [5.41, 5.74) is 4.44. The second-order valence-corrected chi connectivity index (χ2v) is 9.85. The summed E-state index contributed by atoms with van der Waals surface area (Å²) in [5, 5.41) is 17.7. The summed E-state index contributed by atoms with van der Waals surface area (Å²) in [6.45, 7) is 0.349. The molecule has 12 heteroatoms. The lowest BCUT2D eigenvalue weighted by Gasteiger charge is -2.18. The topological polar surface area (TPSA) is 166 Å². The SMILES string of the molecule is O=C(NC(CCN1C(=O)NC(Cc2ccc(CNc3nc4ccccc4[nH]3)cc2)C1=O)C(=O)O)OCc1ccccc1. The van der Waals surface area contributed by atoms with Crippen molar-refractivity contribution in [1.82, 2.24) is 25.5 Å². The normalized spacial score (nSPS) is 15.3. The fraction of sp³-hybridized carbons (Fsp3) is 0.233. The van der Waals surface area contributed by atoms with Crippen LogP contribution in [-0.4, -0.2) is 62.6 Å². The number of fused-ring (bicyclic) bond motifs is 1. The van der Waals surface area contributed by atoms with E-state index >= 15 is 0 Å². The smallest absolute Gasteiger partial charge is 0.408 e. The van der Waals surface area contributed by atoms with Crippen molar-refractivity contribution in [2.75, 3.05) is 11.9 Å². The van der Waals surface area contributed by atoms with Gasteiger partial charge < -0.3 is 30.8 Å². The summed E-state index contributed by atoms with van der Waals surface area (Å²) in [5.74, 6) is -1.08. The third kappa shape index (κ3) is 7.02. The Morgan fingerprint density at radius 3 is 2.40 bits per heavy atom. The van der Waals surface area contributed by atoms with Crippen molar-refractivity contribution >= 4 is 41.0 Å². The number of benzene rings is 3. The van der Waals surface area contributed by atoms with Gasteiger partial charge in [-0.2, -0.15) is 0 Å². The number of para-hydroxylation sites is 2. The molecule has 2 heterocycles. The van der Waals surface area contributed by atoms with Crippen molar-refractivity contribution in [2.24, 2.45) is 0 Å². The molecule has 1 aromatic heterocycles. The van der Waals surface area contributed by atoms with Crippen LogP contribution in [0.1, 0.15) is 23.1 Å². The number of imidazole rings is 1. The maximum Gasteiger partial charge on any atom is 0.408 e. The Morgan fingerprint density at radius 1 is 0.952 bits per heavy atom. The van der Waals surface area contributed by atoms with E-state index in [2.05, 4.69) is 25.9 Å². The first-order chi connectivity index (χ1) is 20.4. The van der Waals surface area contributed by atoms with Crippen molar-refractivity contribution in [1.29, 1.82) is 0 Å². The number of nitrogens with zero attached hydrogens (tertiary/aromatic N) is 2. The van der Waals surface area contributed by atoms with Gasteiger partial charge in [0.15, 0.2) is 0 Å². The van der Waals surface area contributed by atoms with Crippen molar-refractivity contribution in [2.45, 2.75) is 38.1 Å². The molecule has 1 aliphatic rings. The highest BCUT2D eigenvalue weighted by Gasteiger charge is 2.38. The van der Waals surface area contributed by atoms with Gasteiger partial charge in [0, 0.05) is 19.5 Å². The molecule has 1 fully saturated rings. The maximum atomic E-state index is 12.9. The molecule has 0 saturated carbocycles. The fourth-order valence-electron chi connectivity index (χ4n) is 4.60. The number of carbonyl (C=O) groups is 4. The zero-order chi connectivity index (χ0) is 29.5. The number of carbonyl (C=O) groups excluding carboxylic acids is 3. The van der Waals surface area contributed by atoms with Crippen LogP contribution in [0.3, 0.4) is 0 Å². The van der Waals surface area contributed by atoms with Gasteiger partial charge in [0.1, 0.15) is 18.7 Å². The van der Waals surface area contributed by atoms with Crippen LogP contribution in [0, 0.1) is 0 Å². The number of carboxylic acid groups (broad SMARTS) is 1. The first-order valence-corrected chi connectivity index (χ1v) is 13.4. The van der Waals surface area contributed by atoms with Crippen molar-refractivity contribution in [3.8, 4) is 0 Å². The number of aromatic nitrogens is 2. The number of hydrogen-bond acceptors (Lipinski definition) is 7. The quantitative estimate of drug-likeness (QED) is 0.162. The molecule has 0 spiro atoms. The first-order valence-electron chi connectivity index (χ1n) is 13.4. The number of nitrogens with one attached hydrogen (secondary N) is 4. The molecule has 216 valence electrons. The average molecular weight is 571 g/mol. The number of alkyl carbamates (subject to hydrolysis) is 1. The van der Waals surface area contributed by atoms with Gasteiger partial charge in [-0.05, 0) is 35.2 Å². The Labute approximate surface area is 241 Å². The molecule has 0 radical (unpaired) electrons. The van der Waals surface area contributed by atoms with Gasteiger partial charge in [-0.3, -0.25) is 9.69 Å². The van der Waals surface area contributed by atoms with Gasteiger partial charge in [0.05, 0.1) is 11.0 Å². The highest BCUT2D eigenvalue weighted by atomic mass is 16.5. The van der Waals surface area contributed by atoms with Crippen molar-refractivity contribution in [3.05, 3.63) is 95.6 Å². The molecular weight excluding hydrogens is 540 g/mol. The van der Waals surface area contributed by atoms with E-state index in [1.807, 2.05) is 54.6 Å². The molecule has 5 N–H and O–H groups in total. The molecule has 2 atom stereocenters. The van der Waals surface area contributed by atoms with Crippen LogP contribution < -0.4 is 16.0 Å². The standard InChI is InChI=1S/C30H30N6O6/c37-26-25(16-19-10-12-20(13-11-19)17-31-28-32-22-8-4-5-9-23(22)33-28)34-29(40)36(26)15-14-24(27(38)39)35-30(41)42-18-21-6-2-1-3-7-21/h1-13,24-25H,14-18H2,(H,34,40)(H,35,41)(H,38,39)(H2,31,32,33). The molecule has 4 aromatic rings. The molecule has 1 aliphatic heterocycles. The predicted molar refractivity (Wildman–Crippen MR) is 153 cm³/mol. The number of aromatic amines is 1. The Balaban J connectivity index is 1.09. The molecular formula is C30H30N6O6. The molecule has 3 aromatic carbocycles. The number of anilines is 1. The highest BCUT2D eigenvalue weighted by Crippen LogP contribution is 2.17. The van der Waals surface area contributed by atoms with E-state index in [-0.39, 0.29) is 26.0 Å². The van der Waals surface area contributed by atoms with E-state index in [0.717, 1.165) is 32.6 Å². The molecule has 5 rings (SSSR count). The number of H-pyrrole nitrogens is 1. The summed E-state index contributed by atoms with van der Waals surface area (Å²) < 4.78 is 5.08. The van der Waals surface area contributed by atoms with Crippen LogP contribution in [0.5, 0.6) is 0 Å². The van der Waals surface area contributed by atoms with Gasteiger partial charge in [0.25, 0.3) is 5.91 Å². The lowest BCUT2D eigenvalue weighted by molar-refractivity contribution is -0.140. The second kappa shape index (κ2) is 12.9. The van der Waals surface area contributed by atoms with Gasteiger partial charge in [0.2, 0.25) is 5.95 Å². The molecule has 2 unspecified atom stereocenters. The van der Waals surface area contributed by atoms with E-state index in [4.69, 9.17) is 4.74 Å². The fourth-order valence-corrected chi connectivity index (χ4v) is 4.60. The van der Waals surface area contributed by atoms with Gasteiger partial charge in [-0.15, -0.1) is 0 Å². The minimum atomic E-state index is -1.34. The van der Waals surface area contributed by atoms with Crippen LogP contribution in [0.15, 0.2) is 78.9 Å². The lowest BCUT2D eigenvalue weighted by Crippen LogP contribution is -2.44. The van der Waals surface area contributed by atoms with E-state index < -0.39 is 36.1 Å². The Morgan fingerprint density at radius 2 is 1.67 bits per heavy atom. The molecule has 0 bridgehead atoms. The number of aliphatic carboxylic acids is 1. The monoisotopic (exact) mass is 570 g/mol. The molecule has 1 saturated heterocycles. The summed E-state index contributed by atoms with van der Waals surface area (Å²) in [7, 11) is 0. The number of carboxylic acids is 1. The average Bonchev–Trinajstić information content (AvgIpc) is 3.53. The lowest BCUT2D eigenvalue weighted by atomic mass is 10.0. The minimum absolute atomic E-state index is 0.0213. The zero-order valence-electron chi connectivity index (χ0n) is 22.6. The first kappa shape index (κ1) is 28.1. The highest BCUT2D eigenvalue weighted by molar-refractivity contribution is 6.04. The third-order valence-corrected chi connectivity index (χ3v) is 6.86. The second-order valence-electron chi connectivity index (χ2n) is 9.85. The predicted octanol–water partition coefficient (Wildman–Crippen LogP) is 3.41. The number of imide groups is 1. The number of rotatable bonds is 12. The maximum absolute atomic E-state index is 12.9. The summed E-state index contributed by atoms with van der Waals surface area (Å²) >= 11 is 0. The molecule has 4 amide bonds. The van der Waals surface area contributed by atoms with Crippen LogP contribution in [0.2, 0.25) is 0 Å². The zero-order valence-corrected chi connectivity index (χ0v) is 22.6. The van der Waals surface area contributed by atoms with Crippen molar-refractivity contribution < 1.29 is 29.0 Å². The molecule has 0 aliphatic carbocycles. The van der Waals surface area contributed by atoms with Crippen LogP contribution in [0.4, 0.5) is 15.5 Å². The van der Waals surface area contributed by atoms with Crippen molar-refractivity contribution in [3.63, 3.8) is 0 Å². The van der Waals surface area contributed by atoms with Crippen LogP contribution >= 0.6 is 0 Å². The number of hydrogen-bond donors (Lipinski definition) is 5. The van der Waals surface area contributed by atoms with Crippen LogP contribution in [-0.2, 0) is 33.9 Å². The molecule has 42 heavy (non-hydrogen) atoms. The molecule has 12 nitrogen and oxygen atoms in total. The van der Waals surface area contributed by atoms with Gasteiger partial charge in [-0.25, -0.2) is 19.4 Å². The Kier molecular flexibility index (Phi) is 8.61. The third-order valence-electron chi connectivity index (χ3n) is 6.86. The Hall–Kier alpha value is -5.39. The summed E-state index contributed by atoms with van der Waals surface area (Å²) in [4.78, 5) is 58.0. The summed E-state index contributed by atoms with van der Waals surface area (Å²) in [6.07, 6.45) is -0.795. The van der Waals surface area contributed by atoms with E-state index in [0.29, 0.717) is 12.5 Å². The minimum Gasteiger partial charge on any atom is -0.480 e. The van der Waals surface area contributed by atoms with Crippen LogP contribution in [0.25, 0.3) is 11.0 Å². The number of urea groups is 1. The number of ether oxygens (including phenoxy) is 1. The van der Waals surface area contributed by atoms with Gasteiger partial charge >= 0.3 is 18.1 Å². The van der Waals surface area contributed by atoms with Gasteiger partial charge in [-0.1, -0.05) is 66.7 Å². The Bertz CT molecular complexity index is 1540. The number of amides is 4. The summed E-state index contributed by atoms with van der Waals surface area (Å²) in [6, 6.07) is 21.6. The van der Waals surface area contributed by atoms with E-state index in [1.54, 1.807) is 24.3 Å².